The summed E-state index contributed by atoms with van der Waals surface area (Å²) in [6.07, 6.45) is 0. The number of halogens is 3. The van der Waals surface area contributed by atoms with E-state index in [1.54, 1.807) is 6.07 Å². The SMILES string of the molecule is Clc1ccc([CH2][Zn+])c(Cl)c1.[Cl-]. The number of benzene rings is 1. The summed E-state index contributed by atoms with van der Waals surface area (Å²) >= 11 is 12.8. The molecule has 1 aromatic rings. The number of hydrogen-bond acceptors (Lipinski definition) is 0. The quantitative estimate of drug-likeness (QED) is 0.626. The summed E-state index contributed by atoms with van der Waals surface area (Å²) in [4.78, 5) is 0. The Morgan fingerprint density at radius 2 is 1.91 bits per heavy atom. The smallest absolute Gasteiger partial charge is 1.00 e. The van der Waals surface area contributed by atoms with Crippen molar-refractivity contribution in [2.45, 2.75) is 5.02 Å². The first-order chi connectivity index (χ1) is 4.74. The minimum Gasteiger partial charge on any atom is -1.00 e. The van der Waals surface area contributed by atoms with E-state index in [4.69, 9.17) is 23.2 Å². The minimum atomic E-state index is 0. The van der Waals surface area contributed by atoms with Gasteiger partial charge in [0.25, 0.3) is 0 Å². The van der Waals surface area contributed by atoms with Gasteiger partial charge in [-0.05, 0) is 0 Å². The Morgan fingerprint density at radius 3 is 2.36 bits per heavy atom. The molecule has 0 aliphatic carbocycles. The van der Waals surface area contributed by atoms with E-state index in [-0.39, 0.29) is 12.4 Å². The van der Waals surface area contributed by atoms with Crippen LogP contribution in [0.2, 0.25) is 10.0 Å². The zero-order valence-electron chi connectivity index (χ0n) is 5.78. The summed E-state index contributed by atoms with van der Waals surface area (Å²) in [5.74, 6) is 0. The van der Waals surface area contributed by atoms with E-state index in [1.807, 2.05) is 12.1 Å². The van der Waals surface area contributed by atoms with E-state index in [0.717, 1.165) is 10.0 Å². The Labute approximate surface area is 92.4 Å². The van der Waals surface area contributed by atoms with Gasteiger partial charge in [-0.1, -0.05) is 0 Å². The molecular weight excluding hydrogens is 256 g/mol. The molecule has 0 radical (unpaired) electrons. The van der Waals surface area contributed by atoms with Crippen LogP contribution in [0.1, 0.15) is 5.56 Å². The molecule has 0 spiro atoms. The van der Waals surface area contributed by atoms with Crippen LogP contribution >= 0.6 is 23.2 Å². The molecule has 11 heavy (non-hydrogen) atoms. The maximum absolute atomic E-state index is 5.87. The molecule has 0 fully saturated rings. The Bertz CT molecular complexity index is 237. The molecule has 0 saturated heterocycles. The fourth-order valence-electron chi connectivity index (χ4n) is 0.724. The summed E-state index contributed by atoms with van der Waals surface area (Å²) in [6.45, 7) is 0. The minimum absolute atomic E-state index is 0. The average molecular weight is 261 g/mol. The third-order valence-electron chi connectivity index (χ3n) is 1.28. The molecule has 0 atom stereocenters. The molecule has 1 aromatic carbocycles. The molecule has 0 bridgehead atoms. The van der Waals surface area contributed by atoms with Crippen LogP contribution in [0.4, 0.5) is 0 Å². The van der Waals surface area contributed by atoms with Crippen LogP contribution in [-0.2, 0) is 23.3 Å². The van der Waals surface area contributed by atoms with E-state index >= 15 is 0 Å². The maximum atomic E-state index is 5.87. The van der Waals surface area contributed by atoms with E-state index in [2.05, 4.69) is 0 Å². The second kappa shape index (κ2) is 5.37. The average Bonchev–Trinajstić information content (AvgIpc) is 1.88. The first kappa shape index (κ1) is 11.7. The summed E-state index contributed by atoms with van der Waals surface area (Å²) < 4.78 is 0. The van der Waals surface area contributed by atoms with Gasteiger partial charge in [0.2, 0.25) is 0 Å². The van der Waals surface area contributed by atoms with Crippen molar-refractivity contribution in [2.24, 2.45) is 0 Å². The van der Waals surface area contributed by atoms with Crippen LogP contribution in [0.15, 0.2) is 18.2 Å². The molecule has 0 aromatic heterocycles. The number of rotatable bonds is 1. The van der Waals surface area contributed by atoms with Crippen molar-refractivity contribution in [3.8, 4) is 0 Å². The van der Waals surface area contributed by atoms with Gasteiger partial charge in [-0.25, -0.2) is 0 Å². The van der Waals surface area contributed by atoms with Gasteiger partial charge in [0.1, 0.15) is 0 Å². The predicted molar refractivity (Wildman–Crippen MR) is 40.2 cm³/mol. The molecule has 0 amide bonds. The normalized spacial score (nSPS) is 9.09. The second-order valence-electron chi connectivity index (χ2n) is 1.99. The van der Waals surface area contributed by atoms with Crippen molar-refractivity contribution < 1.29 is 30.7 Å². The summed E-state index contributed by atoms with van der Waals surface area (Å²) in [5.41, 5.74) is 1.20. The van der Waals surface area contributed by atoms with Crippen molar-refractivity contribution in [1.29, 1.82) is 0 Å². The van der Waals surface area contributed by atoms with Gasteiger partial charge in [0.05, 0.1) is 0 Å². The van der Waals surface area contributed by atoms with E-state index in [0.29, 0.717) is 5.02 Å². The summed E-state index contributed by atoms with van der Waals surface area (Å²) in [7, 11) is 0. The zero-order chi connectivity index (χ0) is 7.56. The van der Waals surface area contributed by atoms with Crippen molar-refractivity contribution in [3.63, 3.8) is 0 Å². The Hall–Kier alpha value is 0.713. The molecule has 0 unspecified atom stereocenters. The van der Waals surface area contributed by atoms with Crippen LogP contribution in [0.5, 0.6) is 0 Å². The first-order valence-electron chi connectivity index (χ1n) is 2.97. The molecule has 0 aliphatic rings. The van der Waals surface area contributed by atoms with Crippen LogP contribution in [0.3, 0.4) is 0 Å². The van der Waals surface area contributed by atoms with Crippen molar-refractivity contribution in [1.82, 2.24) is 0 Å². The Kier molecular flexibility index (Phi) is 5.72. The van der Waals surface area contributed by atoms with Gasteiger partial charge < -0.3 is 12.4 Å². The molecule has 1 rings (SSSR count). The molecule has 0 saturated carbocycles. The molecular formula is C7H5Cl3Zn. The van der Waals surface area contributed by atoms with E-state index < -0.39 is 0 Å². The molecule has 0 N–H and O–H groups in total. The fourth-order valence-corrected chi connectivity index (χ4v) is 2.47. The molecule has 56 valence electrons. The van der Waals surface area contributed by atoms with Gasteiger partial charge in [0.15, 0.2) is 0 Å². The Morgan fingerprint density at radius 1 is 1.27 bits per heavy atom. The number of hydrogen-bond donors (Lipinski definition) is 0. The van der Waals surface area contributed by atoms with Crippen molar-refractivity contribution >= 4 is 23.2 Å². The van der Waals surface area contributed by atoms with E-state index in [9.17, 15) is 0 Å². The largest absolute Gasteiger partial charge is 1.00 e. The standard InChI is InChI=1S/C7H5Cl2.ClH.Zn/c1-5-2-3-6(8)4-7(5)9;;/h2-4H,1H2;1H;/q;;+1/p-1. The van der Waals surface area contributed by atoms with Crippen LogP contribution in [0.25, 0.3) is 0 Å². The fraction of sp³-hybridized carbons (Fsp3) is 0.143. The van der Waals surface area contributed by atoms with Gasteiger partial charge >= 0.3 is 80.3 Å². The van der Waals surface area contributed by atoms with Gasteiger partial charge in [0, 0.05) is 0 Å². The van der Waals surface area contributed by atoms with Crippen molar-refractivity contribution in [3.05, 3.63) is 33.8 Å². The van der Waals surface area contributed by atoms with Crippen LogP contribution in [-0.4, -0.2) is 0 Å². The monoisotopic (exact) mass is 258 g/mol. The Balaban J connectivity index is 0.000001000. The third-order valence-corrected chi connectivity index (χ3v) is 3.00. The molecule has 0 aliphatic heterocycles. The summed E-state index contributed by atoms with van der Waals surface area (Å²) in [5, 5.41) is 2.58. The third kappa shape index (κ3) is 3.29. The molecule has 0 heterocycles. The van der Waals surface area contributed by atoms with Gasteiger partial charge in [-0.2, -0.15) is 0 Å². The molecule has 4 heteroatoms. The maximum Gasteiger partial charge on any atom is -1.00 e. The van der Waals surface area contributed by atoms with Crippen molar-refractivity contribution in [2.75, 3.05) is 0 Å². The topological polar surface area (TPSA) is 0 Å². The van der Waals surface area contributed by atoms with Crippen LogP contribution in [0, 0.1) is 0 Å². The second-order valence-corrected chi connectivity index (χ2v) is 3.88. The predicted octanol–water partition coefficient (Wildman–Crippen LogP) is 0.0442. The zero-order valence-corrected chi connectivity index (χ0v) is 11.0. The van der Waals surface area contributed by atoms with Gasteiger partial charge in [-0.3, -0.25) is 0 Å². The summed E-state index contributed by atoms with van der Waals surface area (Å²) in [6, 6.07) is 5.64. The van der Waals surface area contributed by atoms with Gasteiger partial charge in [-0.15, -0.1) is 0 Å². The van der Waals surface area contributed by atoms with Crippen LogP contribution < -0.4 is 12.4 Å². The molecule has 0 nitrogen and oxygen atoms in total. The first-order valence-corrected chi connectivity index (χ1v) is 5.82. The van der Waals surface area contributed by atoms with E-state index in [1.165, 1.54) is 23.9 Å².